The van der Waals surface area contributed by atoms with Crippen LogP contribution in [0.15, 0.2) is 0 Å². The van der Waals surface area contributed by atoms with Crippen LogP contribution in [0.1, 0.15) is 58.8 Å². The van der Waals surface area contributed by atoms with Crippen molar-refractivity contribution in [1.29, 1.82) is 0 Å². The fraction of sp³-hybridized carbons (Fsp3) is 0.846. The van der Waals surface area contributed by atoms with E-state index in [1.54, 1.807) is 0 Å². The minimum Gasteiger partial charge on any atom is -0.304 e. The number of terminal acetylenes is 1. The molecule has 0 bridgehead atoms. The molecule has 14 heavy (non-hydrogen) atoms. The zero-order chi connectivity index (χ0) is 10.6. The van der Waals surface area contributed by atoms with Crippen LogP contribution in [0.5, 0.6) is 0 Å². The molecule has 0 aliphatic carbocycles. The van der Waals surface area contributed by atoms with Crippen LogP contribution in [0.2, 0.25) is 0 Å². The van der Waals surface area contributed by atoms with Gasteiger partial charge in [-0.2, -0.15) is 0 Å². The first-order valence-corrected chi connectivity index (χ1v) is 6.04. The molecule has 0 aromatic heterocycles. The lowest BCUT2D eigenvalue weighted by molar-refractivity contribution is 0.528. The maximum Gasteiger partial charge on any atom is 0.0686 e. The van der Waals surface area contributed by atoms with Gasteiger partial charge in [-0.05, 0) is 13.0 Å². The lowest BCUT2D eigenvalue weighted by Crippen LogP contribution is -2.26. The number of rotatable bonds is 9. The minimum absolute atomic E-state index is 0.297. The smallest absolute Gasteiger partial charge is 0.0686 e. The van der Waals surface area contributed by atoms with Gasteiger partial charge in [0.05, 0.1) is 6.04 Å². The molecule has 0 rings (SSSR count). The van der Waals surface area contributed by atoms with E-state index in [1.807, 2.05) is 0 Å². The summed E-state index contributed by atoms with van der Waals surface area (Å²) >= 11 is 0. The van der Waals surface area contributed by atoms with Crippen LogP contribution in [-0.2, 0) is 0 Å². The molecule has 1 nitrogen and oxygen atoms in total. The lowest BCUT2D eigenvalue weighted by atomic mass is 10.1. The molecule has 82 valence electrons. The largest absolute Gasteiger partial charge is 0.304 e. The van der Waals surface area contributed by atoms with Crippen molar-refractivity contribution in [2.75, 3.05) is 6.54 Å². The average Bonchev–Trinajstić information content (AvgIpc) is 2.21. The van der Waals surface area contributed by atoms with Crippen LogP contribution in [0, 0.1) is 12.3 Å². The van der Waals surface area contributed by atoms with Gasteiger partial charge < -0.3 is 5.32 Å². The molecule has 0 saturated heterocycles. The monoisotopic (exact) mass is 195 g/mol. The number of hydrogen-bond acceptors (Lipinski definition) is 1. The van der Waals surface area contributed by atoms with Crippen molar-refractivity contribution in [3.63, 3.8) is 0 Å². The molecule has 0 heterocycles. The van der Waals surface area contributed by atoms with Gasteiger partial charge in [0, 0.05) is 0 Å². The van der Waals surface area contributed by atoms with Crippen molar-refractivity contribution >= 4 is 0 Å². The van der Waals surface area contributed by atoms with Gasteiger partial charge in [0.2, 0.25) is 0 Å². The third-order valence-corrected chi connectivity index (χ3v) is 2.50. The molecule has 0 amide bonds. The number of hydrogen-bond donors (Lipinski definition) is 1. The molecule has 0 saturated carbocycles. The topological polar surface area (TPSA) is 12.0 Å². The van der Waals surface area contributed by atoms with Crippen molar-refractivity contribution in [2.45, 2.75) is 64.8 Å². The van der Waals surface area contributed by atoms with Gasteiger partial charge in [-0.1, -0.05) is 58.3 Å². The molecule has 0 spiro atoms. The van der Waals surface area contributed by atoms with E-state index in [9.17, 15) is 0 Å². The van der Waals surface area contributed by atoms with Crippen molar-refractivity contribution in [1.82, 2.24) is 5.32 Å². The lowest BCUT2D eigenvalue weighted by Gasteiger charge is -2.10. The van der Waals surface area contributed by atoms with Crippen molar-refractivity contribution in [2.24, 2.45) is 0 Å². The van der Waals surface area contributed by atoms with Crippen molar-refractivity contribution < 1.29 is 0 Å². The molecule has 0 aliphatic rings. The van der Waals surface area contributed by atoms with Crippen LogP contribution in [0.4, 0.5) is 0 Å². The van der Waals surface area contributed by atoms with Gasteiger partial charge in [0.1, 0.15) is 0 Å². The third-order valence-electron chi connectivity index (χ3n) is 2.50. The molecule has 1 atom stereocenters. The summed E-state index contributed by atoms with van der Waals surface area (Å²) in [5.41, 5.74) is 0. The van der Waals surface area contributed by atoms with E-state index < -0.39 is 0 Å². The summed E-state index contributed by atoms with van der Waals surface area (Å²) in [5, 5.41) is 3.30. The van der Waals surface area contributed by atoms with Crippen LogP contribution in [0.25, 0.3) is 0 Å². The van der Waals surface area contributed by atoms with Gasteiger partial charge >= 0.3 is 0 Å². The highest BCUT2D eigenvalue weighted by molar-refractivity contribution is 4.98. The number of nitrogens with one attached hydrogen (secondary N) is 1. The third kappa shape index (κ3) is 8.13. The van der Waals surface area contributed by atoms with Gasteiger partial charge in [-0.25, -0.2) is 0 Å². The average molecular weight is 195 g/mol. The Morgan fingerprint density at radius 3 is 2.29 bits per heavy atom. The maximum absolute atomic E-state index is 5.41. The first-order valence-electron chi connectivity index (χ1n) is 6.04. The Kier molecular flexibility index (Phi) is 10.2. The molecule has 0 radical (unpaired) electrons. The summed E-state index contributed by atoms with van der Waals surface area (Å²) in [5.74, 6) is 2.79. The Morgan fingerprint density at radius 2 is 1.71 bits per heavy atom. The molecule has 1 N–H and O–H groups in total. The SMILES string of the molecule is C#CC(CCCCCCCC)NCC. The highest BCUT2D eigenvalue weighted by Gasteiger charge is 2.01. The Balaban J connectivity index is 3.21. The second-order valence-corrected chi connectivity index (χ2v) is 3.83. The van der Waals surface area contributed by atoms with Crippen molar-refractivity contribution in [3.8, 4) is 12.3 Å². The van der Waals surface area contributed by atoms with Crippen LogP contribution in [0.3, 0.4) is 0 Å². The Labute approximate surface area is 89.7 Å². The van der Waals surface area contributed by atoms with E-state index in [-0.39, 0.29) is 0 Å². The summed E-state index contributed by atoms with van der Waals surface area (Å²) in [7, 11) is 0. The maximum atomic E-state index is 5.41. The van der Waals surface area contributed by atoms with Crippen molar-refractivity contribution in [3.05, 3.63) is 0 Å². The normalized spacial score (nSPS) is 12.4. The predicted molar refractivity (Wildman–Crippen MR) is 64.3 cm³/mol. The molecule has 1 unspecified atom stereocenters. The van der Waals surface area contributed by atoms with Gasteiger partial charge in [0.25, 0.3) is 0 Å². The summed E-state index contributed by atoms with van der Waals surface area (Å²) in [6.07, 6.45) is 14.6. The van der Waals surface area contributed by atoms with Gasteiger partial charge in [-0.15, -0.1) is 6.42 Å². The zero-order valence-corrected chi connectivity index (χ0v) is 9.81. The molecule has 0 aromatic rings. The van der Waals surface area contributed by atoms with E-state index >= 15 is 0 Å². The standard InChI is InChI=1S/C13H25N/c1-4-7-8-9-10-11-12-13(5-2)14-6-3/h2,13-14H,4,6-12H2,1,3H3. The predicted octanol–water partition coefficient (Wildman–Crippen LogP) is 3.35. The van der Waals surface area contributed by atoms with E-state index in [1.165, 1.54) is 38.5 Å². The molecule has 0 aromatic carbocycles. The fourth-order valence-corrected chi connectivity index (χ4v) is 1.62. The van der Waals surface area contributed by atoms with E-state index in [0.29, 0.717) is 6.04 Å². The Morgan fingerprint density at radius 1 is 1.07 bits per heavy atom. The fourth-order valence-electron chi connectivity index (χ4n) is 1.62. The van der Waals surface area contributed by atoms with Gasteiger partial charge in [-0.3, -0.25) is 0 Å². The Hall–Kier alpha value is -0.480. The first-order chi connectivity index (χ1) is 6.85. The first kappa shape index (κ1) is 13.5. The van der Waals surface area contributed by atoms with Crippen LogP contribution < -0.4 is 5.32 Å². The minimum atomic E-state index is 0.297. The summed E-state index contributed by atoms with van der Waals surface area (Å²) in [6, 6.07) is 0.297. The zero-order valence-electron chi connectivity index (χ0n) is 9.81. The van der Waals surface area contributed by atoms with E-state index in [0.717, 1.165) is 13.0 Å². The molecular weight excluding hydrogens is 170 g/mol. The highest BCUT2D eigenvalue weighted by atomic mass is 14.9. The Bertz CT molecular complexity index is 146. The summed E-state index contributed by atoms with van der Waals surface area (Å²) < 4.78 is 0. The summed E-state index contributed by atoms with van der Waals surface area (Å²) in [4.78, 5) is 0. The molecular formula is C13H25N. The van der Waals surface area contributed by atoms with Crippen LogP contribution in [-0.4, -0.2) is 12.6 Å². The summed E-state index contributed by atoms with van der Waals surface area (Å²) in [6.45, 7) is 5.33. The highest BCUT2D eigenvalue weighted by Crippen LogP contribution is 2.08. The molecule has 0 fully saturated rings. The second kappa shape index (κ2) is 10.6. The second-order valence-electron chi connectivity index (χ2n) is 3.83. The van der Waals surface area contributed by atoms with E-state index in [4.69, 9.17) is 6.42 Å². The van der Waals surface area contributed by atoms with Gasteiger partial charge in [0.15, 0.2) is 0 Å². The quantitative estimate of drug-likeness (QED) is 0.439. The molecule has 0 aliphatic heterocycles. The molecule has 1 heteroatoms. The van der Waals surface area contributed by atoms with Crippen LogP contribution >= 0.6 is 0 Å². The number of unbranched alkanes of at least 4 members (excludes halogenated alkanes) is 5. The van der Waals surface area contributed by atoms with E-state index in [2.05, 4.69) is 25.1 Å².